The Kier molecular flexibility index (Phi) is 9.44. The van der Waals surface area contributed by atoms with Crippen LogP contribution in [0.4, 0.5) is 22.1 Å². The first-order valence-corrected chi connectivity index (χ1v) is 14.7. The third-order valence-corrected chi connectivity index (χ3v) is 7.17. The Hall–Kier alpha value is -5.22. The Bertz CT molecular complexity index is 1810. The molecule has 232 valence electrons. The standard InChI is InChI=1S/C35H38N6O4/c1-23-10-13-25(14-11-23)41-32(21-30(40-41)35(2,3)4)39-34(43)37-29-15-12-24(27-8-6-7-9-28(27)29)17-19-45-26-16-18-36-31(20-26)38-33(42)22-44-5/h6-16,18,20-21H,17,19,22H2,1-5H3,(H,36,38,42)(H2,37,39,43). The molecule has 2 heterocycles. The fourth-order valence-electron chi connectivity index (χ4n) is 4.84. The predicted octanol–water partition coefficient (Wildman–Crippen LogP) is 6.88. The van der Waals surface area contributed by atoms with Crippen molar-refractivity contribution in [1.29, 1.82) is 0 Å². The third-order valence-electron chi connectivity index (χ3n) is 7.17. The monoisotopic (exact) mass is 606 g/mol. The number of nitrogens with one attached hydrogen (secondary N) is 3. The first-order chi connectivity index (χ1) is 21.6. The number of pyridine rings is 1. The number of hydrogen-bond acceptors (Lipinski definition) is 6. The summed E-state index contributed by atoms with van der Waals surface area (Å²) < 4.78 is 12.6. The van der Waals surface area contributed by atoms with Crippen LogP contribution in [0.1, 0.15) is 37.6 Å². The molecule has 0 unspecified atom stereocenters. The van der Waals surface area contributed by atoms with E-state index < -0.39 is 0 Å². The van der Waals surface area contributed by atoms with Crippen molar-refractivity contribution < 1.29 is 19.1 Å². The van der Waals surface area contributed by atoms with Gasteiger partial charge in [-0.2, -0.15) is 5.10 Å². The van der Waals surface area contributed by atoms with E-state index in [9.17, 15) is 9.59 Å². The number of urea groups is 1. The van der Waals surface area contributed by atoms with Crippen LogP contribution in [0.5, 0.6) is 5.75 Å². The van der Waals surface area contributed by atoms with Crippen molar-refractivity contribution in [1.82, 2.24) is 14.8 Å². The maximum atomic E-state index is 13.3. The zero-order valence-corrected chi connectivity index (χ0v) is 26.2. The van der Waals surface area contributed by atoms with Gasteiger partial charge >= 0.3 is 6.03 Å². The van der Waals surface area contributed by atoms with Gasteiger partial charge in [-0.05, 0) is 42.1 Å². The Labute approximate surface area is 262 Å². The quantitative estimate of drug-likeness (QED) is 0.160. The van der Waals surface area contributed by atoms with E-state index in [0.29, 0.717) is 36.1 Å². The van der Waals surface area contributed by atoms with Crippen molar-refractivity contribution in [3.63, 3.8) is 0 Å². The van der Waals surface area contributed by atoms with Gasteiger partial charge in [-0.25, -0.2) is 14.5 Å². The molecule has 45 heavy (non-hydrogen) atoms. The number of aromatic nitrogens is 3. The maximum absolute atomic E-state index is 13.3. The number of carbonyl (C=O) groups excluding carboxylic acids is 2. The number of hydrogen-bond donors (Lipinski definition) is 3. The van der Waals surface area contributed by atoms with Crippen LogP contribution in [0.25, 0.3) is 16.5 Å². The van der Waals surface area contributed by atoms with Gasteiger partial charge in [0.05, 0.1) is 23.7 Å². The highest BCUT2D eigenvalue weighted by atomic mass is 16.5. The van der Waals surface area contributed by atoms with Crippen molar-refractivity contribution in [3.8, 4) is 11.4 Å². The molecule has 0 fully saturated rings. The fraction of sp³-hybridized carbons (Fsp3) is 0.257. The molecule has 3 amide bonds. The molecular weight excluding hydrogens is 568 g/mol. The molecule has 3 N–H and O–H groups in total. The third kappa shape index (κ3) is 7.84. The largest absolute Gasteiger partial charge is 0.493 e. The molecule has 0 saturated carbocycles. The average molecular weight is 607 g/mol. The van der Waals surface area contributed by atoms with Gasteiger partial charge in [-0.1, -0.05) is 68.8 Å². The zero-order chi connectivity index (χ0) is 32.0. The number of ether oxygens (including phenoxy) is 2. The fourth-order valence-corrected chi connectivity index (χ4v) is 4.84. The highest BCUT2D eigenvalue weighted by Crippen LogP contribution is 2.29. The normalized spacial score (nSPS) is 11.3. The molecular formula is C35H38N6O4. The topological polar surface area (TPSA) is 119 Å². The molecule has 0 spiro atoms. The van der Waals surface area contributed by atoms with Crippen LogP contribution in [0.15, 0.2) is 85.1 Å². The van der Waals surface area contributed by atoms with E-state index in [1.54, 1.807) is 23.0 Å². The molecule has 0 radical (unpaired) electrons. The molecule has 5 rings (SSSR count). The van der Waals surface area contributed by atoms with Gasteiger partial charge in [0, 0.05) is 42.7 Å². The molecule has 3 aromatic carbocycles. The van der Waals surface area contributed by atoms with Crippen molar-refractivity contribution in [2.45, 2.75) is 39.5 Å². The SMILES string of the molecule is COCC(=O)Nc1cc(OCCc2ccc(NC(=O)Nc3cc(C(C)(C)C)nn3-c3ccc(C)cc3)c3ccccc23)ccn1. The number of benzene rings is 3. The van der Waals surface area contributed by atoms with Crippen molar-refractivity contribution in [2.24, 2.45) is 0 Å². The van der Waals surface area contributed by atoms with E-state index in [-0.39, 0.29) is 24.0 Å². The number of methoxy groups -OCH3 is 1. The Morgan fingerprint density at radius 1 is 0.889 bits per heavy atom. The number of nitrogens with zero attached hydrogens (tertiary/aromatic N) is 3. The van der Waals surface area contributed by atoms with E-state index in [1.807, 2.05) is 73.7 Å². The van der Waals surface area contributed by atoms with Crippen molar-refractivity contribution >= 4 is 40.0 Å². The van der Waals surface area contributed by atoms with Gasteiger partial charge in [0.1, 0.15) is 24.0 Å². The average Bonchev–Trinajstić information content (AvgIpc) is 3.43. The number of anilines is 3. The van der Waals surface area contributed by atoms with Gasteiger partial charge < -0.3 is 20.1 Å². The summed E-state index contributed by atoms with van der Waals surface area (Å²) in [6.45, 7) is 8.67. The van der Waals surface area contributed by atoms with Crippen molar-refractivity contribution in [2.75, 3.05) is 36.3 Å². The van der Waals surface area contributed by atoms with Gasteiger partial charge in [0.15, 0.2) is 0 Å². The summed E-state index contributed by atoms with van der Waals surface area (Å²) in [6, 6.07) is 24.8. The minimum atomic E-state index is -0.365. The highest BCUT2D eigenvalue weighted by molar-refractivity contribution is 6.06. The van der Waals surface area contributed by atoms with Crippen LogP contribution in [0.3, 0.4) is 0 Å². The highest BCUT2D eigenvalue weighted by Gasteiger charge is 2.22. The van der Waals surface area contributed by atoms with Crippen LogP contribution in [-0.4, -0.2) is 47.0 Å². The van der Waals surface area contributed by atoms with E-state index in [2.05, 4.69) is 41.7 Å². The minimum Gasteiger partial charge on any atom is -0.493 e. The lowest BCUT2D eigenvalue weighted by molar-refractivity contribution is -0.119. The second kappa shape index (κ2) is 13.6. The van der Waals surface area contributed by atoms with Crippen molar-refractivity contribution in [3.05, 3.63) is 102 Å². The van der Waals surface area contributed by atoms with E-state index in [4.69, 9.17) is 14.6 Å². The predicted molar refractivity (Wildman–Crippen MR) is 178 cm³/mol. The summed E-state index contributed by atoms with van der Waals surface area (Å²) >= 11 is 0. The van der Waals surface area contributed by atoms with Crippen LogP contribution in [0.2, 0.25) is 0 Å². The smallest absolute Gasteiger partial charge is 0.324 e. The summed E-state index contributed by atoms with van der Waals surface area (Å²) in [7, 11) is 1.46. The summed E-state index contributed by atoms with van der Waals surface area (Å²) in [5.41, 5.74) is 4.45. The number of carbonyl (C=O) groups is 2. The van der Waals surface area contributed by atoms with Crippen LogP contribution >= 0.6 is 0 Å². The summed E-state index contributed by atoms with van der Waals surface area (Å²) in [5.74, 6) is 1.28. The molecule has 0 atom stereocenters. The first-order valence-electron chi connectivity index (χ1n) is 14.7. The van der Waals surface area contributed by atoms with Gasteiger partial charge in [-0.3, -0.25) is 10.1 Å². The minimum absolute atomic E-state index is 0.0529. The van der Waals surface area contributed by atoms with Crippen LogP contribution in [-0.2, 0) is 21.4 Å². The van der Waals surface area contributed by atoms with Crippen LogP contribution < -0.4 is 20.7 Å². The Balaban J connectivity index is 1.29. The zero-order valence-electron chi connectivity index (χ0n) is 26.2. The summed E-state index contributed by atoms with van der Waals surface area (Å²) in [5, 5.41) is 15.5. The second-order valence-corrected chi connectivity index (χ2v) is 11.8. The molecule has 10 heteroatoms. The lowest BCUT2D eigenvalue weighted by Gasteiger charge is -2.14. The summed E-state index contributed by atoms with van der Waals surface area (Å²) in [6.07, 6.45) is 2.21. The van der Waals surface area contributed by atoms with Gasteiger partial charge in [0.2, 0.25) is 0 Å². The maximum Gasteiger partial charge on any atom is 0.324 e. The number of aryl methyl sites for hydroxylation is 1. The molecule has 0 aliphatic heterocycles. The van der Waals surface area contributed by atoms with E-state index >= 15 is 0 Å². The molecule has 0 bridgehead atoms. The molecule has 2 aromatic heterocycles. The molecule has 10 nitrogen and oxygen atoms in total. The number of fused-ring (bicyclic) bond motifs is 1. The van der Waals surface area contributed by atoms with Crippen LogP contribution in [0, 0.1) is 6.92 Å². The first kappa shape index (κ1) is 31.2. The lowest BCUT2D eigenvalue weighted by atomic mass is 9.92. The summed E-state index contributed by atoms with van der Waals surface area (Å²) in [4.78, 5) is 29.3. The second-order valence-electron chi connectivity index (χ2n) is 11.8. The van der Waals surface area contributed by atoms with Gasteiger partial charge in [0.25, 0.3) is 5.91 Å². The molecule has 0 aliphatic carbocycles. The van der Waals surface area contributed by atoms with E-state index in [0.717, 1.165) is 33.3 Å². The number of rotatable bonds is 10. The molecule has 5 aromatic rings. The van der Waals surface area contributed by atoms with Gasteiger partial charge in [-0.15, -0.1) is 0 Å². The molecule has 0 aliphatic rings. The molecule has 0 saturated heterocycles. The Morgan fingerprint density at radius 2 is 1.64 bits per heavy atom. The van der Waals surface area contributed by atoms with E-state index in [1.165, 1.54) is 7.11 Å². The Morgan fingerprint density at radius 3 is 2.38 bits per heavy atom. The lowest BCUT2D eigenvalue weighted by Crippen LogP contribution is -2.21. The number of amides is 3.